The molecule has 7 heteroatoms. The first-order chi connectivity index (χ1) is 8.97. The second-order valence-electron chi connectivity index (χ2n) is 3.82. The number of hydrogen-bond acceptors (Lipinski definition) is 5. The fourth-order valence-electron chi connectivity index (χ4n) is 1.55. The first kappa shape index (κ1) is 16.3. The lowest BCUT2D eigenvalue weighted by Crippen LogP contribution is -2.07. The van der Waals surface area contributed by atoms with Crippen molar-refractivity contribution in [1.29, 1.82) is 0 Å². The molecule has 1 N–H and O–H groups in total. The van der Waals surface area contributed by atoms with E-state index < -0.39 is 11.0 Å². The lowest BCUT2D eigenvalue weighted by molar-refractivity contribution is -0.386. The van der Waals surface area contributed by atoms with Gasteiger partial charge in [0.25, 0.3) is 0 Å². The molecule has 0 aromatic heterocycles. The SMILES string of the molecule is CCSCCOc1c([C@H](C)O)cc(Br)cc1[N+](=O)[O-]. The van der Waals surface area contributed by atoms with Crippen LogP contribution in [0.25, 0.3) is 0 Å². The van der Waals surface area contributed by atoms with Crippen LogP contribution in [0, 0.1) is 10.1 Å². The van der Waals surface area contributed by atoms with E-state index in [1.807, 2.05) is 6.92 Å². The van der Waals surface area contributed by atoms with E-state index in [9.17, 15) is 15.2 Å². The van der Waals surface area contributed by atoms with Crippen molar-refractivity contribution in [3.63, 3.8) is 0 Å². The maximum absolute atomic E-state index is 11.1. The number of aliphatic hydroxyl groups is 1. The molecule has 1 aromatic carbocycles. The number of aliphatic hydroxyl groups excluding tert-OH is 1. The molecular weight excluding hydrogens is 334 g/mol. The van der Waals surface area contributed by atoms with Crippen LogP contribution >= 0.6 is 27.7 Å². The number of nitro groups is 1. The molecule has 1 atom stereocenters. The van der Waals surface area contributed by atoms with Gasteiger partial charge in [0.15, 0.2) is 0 Å². The molecule has 0 fully saturated rings. The zero-order valence-corrected chi connectivity index (χ0v) is 13.2. The summed E-state index contributed by atoms with van der Waals surface area (Å²) in [7, 11) is 0. The number of ether oxygens (including phenoxy) is 1. The van der Waals surface area contributed by atoms with Crippen molar-refractivity contribution < 1.29 is 14.8 Å². The second kappa shape index (κ2) is 7.72. The van der Waals surface area contributed by atoms with Crippen molar-refractivity contribution in [3.8, 4) is 5.75 Å². The van der Waals surface area contributed by atoms with Gasteiger partial charge in [0.1, 0.15) is 0 Å². The Balaban J connectivity index is 3.05. The third-order valence-corrected chi connectivity index (χ3v) is 3.71. The summed E-state index contributed by atoms with van der Waals surface area (Å²) in [5, 5.41) is 20.8. The van der Waals surface area contributed by atoms with Gasteiger partial charge in [-0.2, -0.15) is 11.8 Å². The van der Waals surface area contributed by atoms with E-state index in [0.717, 1.165) is 11.5 Å². The van der Waals surface area contributed by atoms with Crippen LogP contribution in [0.5, 0.6) is 5.75 Å². The van der Waals surface area contributed by atoms with Crippen LogP contribution in [-0.2, 0) is 0 Å². The number of nitrogens with zero attached hydrogens (tertiary/aromatic N) is 1. The van der Waals surface area contributed by atoms with Crippen LogP contribution in [0.4, 0.5) is 5.69 Å². The minimum absolute atomic E-state index is 0.133. The standard InChI is InChI=1S/C12H16BrNO4S/c1-3-19-5-4-18-12-10(8(2)15)6-9(13)7-11(12)14(16)17/h6-8,15H,3-5H2,1-2H3/t8-/m0/s1. The van der Waals surface area contributed by atoms with Gasteiger partial charge in [-0.1, -0.05) is 22.9 Å². The predicted octanol–water partition coefficient (Wildman–Crippen LogP) is 3.54. The average Bonchev–Trinajstić information content (AvgIpc) is 2.34. The van der Waals surface area contributed by atoms with Gasteiger partial charge in [-0.05, 0) is 18.7 Å². The van der Waals surface area contributed by atoms with Gasteiger partial charge < -0.3 is 9.84 Å². The van der Waals surface area contributed by atoms with Crippen LogP contribution in [-0.4, -0.2) is 28.1 Å². The fourth-order valence-corrected chi connectivity index (χ4v) is 2.50. The van der Waals surface area contributed by atoms with Crippen molar-refractivity contribution in [2.75, 3.05) is 18.1 Å². The summed E-state index contributed by atoms with van der Waals surface area (Å²) in [6, 6.07) is 3.02. The largest absolute Gasteiger partial charge is 0.486 e. The Labute approximate surface area is 124 Å². The summed E-state index contributed by atoms with van der Waals surface area (Å²) in [4.78, 5) is 10.6. The smallest absolute Gasteiger partial charge is 0.312 e. The highest BCUT2D eigenvalue weighted by Crippen LogP contribution is 2.37. The molecule has 0 amide bonds. The first-order valence-corrected chi connectivity index (χ1v) is 7.78. The Morgan fingerprint density at radius 3 is 2.79 bits per heavy atom. The van der Waals surface area contributed by atoms with Gasteiger partial charge in [-0.3, -0.25) is 10.1 Å². The maximum Gasteiger partial charge on any atom is 0.312 e. The highest BCUT2D eigenvalue weighted by atomic mass is 79.9. The molecule has 0 unspecified atom stereocenters. The molecule has 1 aromatic rings. The van der Waals surface area contributed by atoms with Gasteiger partial charge in [0.05, 0.1) is 17.6 Å². The lowest BCUT2D eigenvalue weighted by Gasteiger charge is -2.14. The van der Waals surface area contributed by atoms with E-state index in [-0.39, 0.29) is 11.4 Å². The monoisotopic (exact) mass is 349 g/mol. The summed E-state index contributed by atoms with van der Waals surface area (Å²) >= 11 is 4.89. The van der Waals surface area contributed by atoms with Crippen LogP contribution in [0.1, 0.15) is 25.5 Å². The molecule has 0 heterocycles. The summed E-state index contributed by atoms with van der Waals surface area (Å²) in [5.41, 5.74) is 0.286. The Bertz CT molecular complexity index is 454. The number of nitro benzene ring substituents is 1. The van der Waals surface area contributed by atoms with Gasteiger partial charge in [0, 0.05) is 21.9 Å². The average molecular weight is 350 g/mol. The Kier molecular flexibility index (Phi) is 6.60. The molecule has 0 saturated heterocycles. The van der Waals surface area contributed by atoms with Crippen molar-refractivity contribution in [2.45, 2.75) is 20.0 Å². The number of thioether (sulfide) groups is 1. The predicted molar refractivity (Wildman–Crippen MR) is 79.9 cm³/mol. The zero-order valence-electron chi connectivity index (χ0n) is 10.8. The topological polar surface area (TPSA) is 72.6 Å². The molecule has 0 radical (unpaired) electrons. The number of rotatable bonds is 7. The van der Waals surface area contributed by atoms with Gasteiger partial charge in [0.2, 0.25) is 5.75 Å². The molecule has 0 bridgehead atoms. The van der Waals surface area contributed by atoms with E-state index in [1.165, 1.54) is 6.07 Å². The Morgan fingerprint density at radius 2 is 2.26 bits per heavy atom. The van der Waals surface area contributed by atoms with Crippen molar-refractivity contribution in [1.82, 2.24) is 0 Å². The third kappa shape index (κ3) is 4.67. The summed E-state index contributed by atoms with van der Waals surface area (Å²) in [6.45, 7) is 3.97. The third-order valence-electron chi connectivity index (χ3n) is 2.39. The van der Waals surface area contributed by atoms with Gasteiger partial charge >= 0.3 is 5.69 Å². The minimum Gasteiger partial charge on any atom is -0.486 e. The van der Waals surface area contributed by atoms with Crippen molar-refractivity contribution in [2.24, 2.45) is 0 Å². The van der Waals surface area contributed by atoms with Gasteiger partial charge in [-0.15, -0.1) is 0 Å². The van der Waals surface area contributed by atoms with E-state index in [2.05, 4.69) is 15.9 Å². The van der Waals surface area contributed by atoms with Crippen LogP contribution in [0.3, 0.4) is 0 Å². The molecule has 1 rings (SSSR count). The molecule has 0 aliphatic heterocycles. The molecule has 106 valence electrons. The first-order valence-electron chi connectivity index (χ1n) is 5.83. The fraction of sp³-hybridized carbons (Fsp3) is 0.500. The Hall–Kier alpha value is -0.790. The summed E-state index contributed by atoms with van der Waals surface area (Å²) in [6.07, 6.45) is -0.829. The normalized spacial score (nSPS) is 12.2. The molecular formula is C12H16BrNO4S. The summed E-state index contributed by atoms with van der Waals surface area (Å²) < 4.78 is 6.05. The molecule has 5 nitrogen and oxygen atoms in total. The minimum atomic E-state index is -0.829. The quantitative estimate of drug-likeness (QED) is 0.463. The highest BCUT2D eigenvalue weighted by Gasteiger charge is 2.23. The molecule has 0 aliphatic rings. The number of hydrogen-bond donors (Lipinski definition) is 1. The molecule has 0 saturated carbocycles. The van der Waals surface area contributed by atoms with Gasteiger partial charge in [-0.25, -0.2) is 0 Å². The van der Waals surface area contributed by atoms with E-state index in [1.54, 1.807) is 24.8 Å². The lowest BCUT2D eigenvalue weighted by atomic mass is 10.1. The van der Waals surface area contributed by atoms with Crippen LogP contribution in [0.2, 0.25) is 0 Å². The van der Waals surface area contributed by atoms with Crippen LogP contribution < -0.4 is 4.74 Å². The molecule has 0 spiro atoms. The summed E-state index contributed by atoms with van der Waals surface area (Å²) in [5.74, 6) is 1.87. The van der Waals surface area contributed by atoms with E-state index in [4.69, 9.17) is 4.74 Å². The van der Waals surface area contributed by atoms with Crippen LogP contribution in [0.15, 0.2) is 16.6 Å². The number of halogens is 1. The van der Waals surface area contributed by atoms with Crippen molar-refractivity contribution >= 4 is 33.4 Å². The van der Waals surface area contributed by atoms with E-state index in [0.29, 0.717) is 16.6 Å². The molecule has 19 heavy (non-hydrogen) atoms. The second-order valence-corrected chi connectivity index (χ2v) is 6.13. The maximum atomic E-state index is 11.1. The zero-order chi connectivity index (χ0) is 14.4. The highest BCUT2D eigenvalue weighted by molar-refractivity contribution is 9.10. The molecule has 0 aliphatic carbocycles. The van der Waals surface area contributed by atoms with E-state index >= 15 is 0 Å². The van der Waals surface area contributed by atoms with Crippen molar-refractivity contribution in [3.05, 3.63) is 32.3 Å². The number of benzene rings is 1. The Morgan fingerprint density at radius 1 is 1.58 bits per heavy atom.